The normalized spacial score (nSPS) is 24.7. The molecule has 0 saturated carbocycles. The third-order valence-electron chi connectivity index (χ3n) is 4.83. The van der Waals surface area contributed by atoms with Crippen LogP contribution in [0.5, 0.6) is 0 Å². The number of carbonyl (C=O) groups is 1. The SMILES string of the molecule is CCC1(C(=O)O)CCN(C(C)CCc2ccccc2)C1. The van der Waals surface area contributed by atoms with Gasteiger partial charge >= 0.3 is 5.97 Å². The maximum Gasteiger partial charge on any atom is 0.310 e. The second-order valence-electron chi connectivity index (χ2n) is 6.03. The molecule has 2 unspecified atom stereocenters. The maximum absolute atomic E-state index is 11.5. The summed E-state index contributed by atoms with van der Waals surface area (Å²) in [5.41, 5.74) is 0.847. The van der Waals surface area contributed by atoms with E-state index in [9.17, 15) is 9.90 Å². The number of benzene rings is 1. The predicted molar refractivity (Wildman–Crippen MR) is 80.8 cm³/mol. The van der Waals surface area contributed by atoms with Crippen molar-refractivity contribution in [3.05, 3.63) is 35.9 Å². The number of likely N-dealkylation sites (tertiary alicyclic amines) is 1. The molecule has 3 heteroatoms. The van der Waals surface area contributed by atoms with Gasteiger partial charge < -0.3 is 5.11 Å². The average Bonchev–Trinajstić information content (AvgIpc) is 2.92. The van der Waals surface area contributed by atoms with Crippen LogP contribution in [0.25, 0.3) is 0 Å². The molecule has 3 nitrogen and oxygen atoms in total. The van der Waals surface area contributed by atoms with E-state index in [1.54, 1.807) is 0 Å². The van der Waals surface area contributed by atoms with Gasteiger partial charge in [0, 0.05) is 12.6 Å². The highest BCUT2D eigenvalue weighted by molar-refractivity contribution is 5.75. The fraction of sp³-hybridized carbons (Fsp3) is 0.588. The van der Waals surface area contributed by atoms with Crippen molar-refractivity contribution in [3.8, 4) is 0 Å². The zero-order valence-electron chi connectivity index (χ0n) is 12.5. The summed E-state index contributed by atoms with van der Waals surface area (Å²) in [6, 6.07) is 10.9. The Bertz CT molecular complexity index is 446. The Morgan fingerprint density at radius 3 is 2.65 bits per heavy atom. The van der Waals surface area contributed by atoms with E-state index < -0.39 is 11.4 Å². The number of aryl methyl sites for hydroxylation is 1. The van der Waals surface area contributed by atoms with Crippen LogP contribution in [0, 0.1) is 5.41 Å². The van der Waals surface area contributed by atoms with Crippen molar-refractivity contribution in [2.75, 3.05) is 13.1 Å². The minimum Gasteiger partial charge on any atom is -0.481 e. The van der Waals surface area contributed by atoms with Gasteiger partial charge in [0.15, 0.2) is 0 Å². The molecule has 2 atom stereocenters. The molecule has 1 heterocycles. The number of nitrogens with zero attached hydrogens (tertiary/aromatic N) is 1. The summed E-state index contributed by atoms with van der Waals surface area (Å²) < 4.78 is 0. The van der Waals surface area contributed by atoms with Crippen molar-refractivity contribution in [2.24, 2.45) is 5.41 Å². The van der Waals surface area contributed by atoms with Crippen LogP contribution in [-0.4, -0.2) is 35.1 Å². The zero-order chi connectivity index (χ0) is 14.6. The number of aliphatic carboxylic acids is 1. The number of carboxylic acids is 1. The second kappa shape index (κ2) is 6.40. The Balaban J connectivity index is 1.88. The Morgan fingerprint density at radius 2 is 2.10 bits per heavy atom. The van der Waals surface area contributed by atoms with Gasteiger partial charge in [-0.25, -0.2) is 0 Å². The van der Waals surface area contributed by atoms with Crippen molar-refractivity contribution in [1.29, 1.82) is 0 Å². The Labute approximate surface area is 121 Å². The molecule has 1 aromatic rings. The van der Waals surface area contributed by atoms with E-state index >= 15 is 0 Å². The third-order valence-corrected chi connectivity index (χ3v) is 4.83. The molecule has 1 saturated heterocycles. The zero-order valence-corrected chi connectivity index (χ0v) is 12.5. The standard InChI is InChI=1S/C17H25NO2/c1-3-17(16(19)20)11-12-18(13-17)14(2)9-10-15-7-5-4-6-8-15/h4-8,14H,3,9-13H2,1-2H3,(H,19,20). The summed E-state index contributed by atoms with van der Waals surface area (Å²) in [4.78, 5) is 13.8. The van der Waals surface area contributed by atoms with Crippen molar-refractivity contribution < 1.29 is 9.90 Å². The van der Waals surface area contributed by atoms with Crippen LogP contribution in [-0.2, 0) is 11.2 Å². The fourth-order valence-electron chi connectivity index (χ4n) is 3.10. The van der Waals surface area contributed by atoms with Gasteiger partial charge in [-0.2, -0.15) is 0 Å². The molecule has 1 aliphatic heterocycles. The fourth-order valence-corrected chi connectivity index (χ4v) is 3.10. The van der Waals surface area contributed by atoms with Gasteiger partial charge in [0.05, 0.1) is 5.41 Å². The van der Waals surface area contributed by atoms with Crippen molar-refractivity contribution >= 4 is 5.97 Å². The molecule has 1 fully saturated rings. The molecule has 0 aromatic heterocycles. The Kier molecular flexibility index (Phi) is 4.81. The van der Waals surface area contributed by atoms with Crippen LogP contribution < -0.4 is 0 Å². The van der Waals surface area contributed by atoms with E-state index in [0.29, 0.717) is 12.6 Å². The minimum absolute atomic E-state index is 0.447. The van der Waals surface area contributed by atoms with E-state index in [0.717, 1.165) is 32.2 Å². The summed E-state index contributed by atoms with van der Waals surface area (Å²) in [5, 5.41) is 9.44. The topological polar surface area (TPSA) is 40.5 Å². The van der Waals surface area contributed by atoms with E-state index in [1.807, 2.05) is 13.0 Å². The highest BCUT2D eigenvalue weighted by Gasteiger charge is 2.44. The molecule has 1 N–H and O–H groups in total. The smallest absolute Gasteiger partial charge is 0.310 e. The monoisotopic (exact) mass is 275 g/mol. The highest BCUT2D eigenvalue weighted by atomic mass is 16.4. The molecule has 0 aliphatic carbocycles. The third kappa shape index (κ3) is 3.21. The van der Waals surface area contributed by atoms with Crippen molar-refractivity contribution in [3.63, 3.8) is 0 Å². The number of carboxylic acid groups (broad SMARTS) is 1. The molecule has 0 bridgehead atoms. The predicted octanol–water partition coefficient (Wildman–Crippen LogP) is 3.19. The van der Waals surface area contributed by atoms with Crippen molar-refractivity contribution in [2.45, 2.75) is 45.6 Å². The van der Waals surface area contributed by atoms with E-state index in [4.69, 9.17) is 0 Å². The molecule has 20 heavy (non-hydrogen) atoms. The summed E-state index contributed by atoms with van der Waals surface area (Å²) in [6.45, 7) is 5.83. The van der Waals surface area contributed by atoms with Crippen LogP contribution in [0.1, 0.15) is 38.7 Å². The molecule has 0 spiro atoms. The van der Waals surface area contributed by atoms with E-state index in [1.165, 1.54) is 5.56 Å². The average molecular weight is 275 g/mol. The maximum atomic E-state index is 11.5. The number of rotatable bonds is 6. The molecule has 0 amide bonds. The van der Waals surface area contributed by atoms with Gasteiger partial charge in [-0.1, -0.05) is 37.3 Å². The molecule has 0 radical (unpaired) electrons. The molecular formula is C17H25NO2. The number of hydrogen-bond acceptors (Lipinski definition) is 2. The van der Waals surface area contributed by atoms with Gasteiger partial charge in [-0.3, -0.25) is 9.69 Å². The van der Waals surface area contributed by atoms with Crippen LogP contribution in [0.15, 0.2) is 30.3 Å². The lowest BCUT2D eigenvalue weighted by Crippen LogP contribution is -2.37. The van der Waals surface area contributed by atoms with Crippen LogP contribution in [0.3, 0.4) is 0 Å². The van der Waals surface area contributed by atoms with Gasteiger partial charge in [0.2, 0.25) is 0 Å². The molecule has 2 rings (SSSR count). The summed E-state index contributed by atoms with van der Waals surface area (Å²) in [6.07, 6.45) is 3.66. The van der Waals surface area contributed by atoms with Gasteiger partial charge in [0.25, 0.3) is 0 Å². The van der Waals surface area contributed by atoms with Gasteiger partial charge in [0.1, 0.15) is 0 Å². The quantitative estimate of drug-likeness (QED) is 0.866. The molecule has 1 aliphatic rings. The van der Waals surface area contributed by atoms with Gasteiger partial charge in [-0.05, 0) is 44.7 Å². The van der Waals surface area contributed by atoms with Crippen molar-refractivity contribution in [1.82, 2.24) is 4.90 Å². The van der Waals surface area contributed by atoms with E-state index in [2.05, 4.69) is 36.1 Å². The molecule has 110 valence electrons. The summed E-state index contributed by atoms with van der Waals surface area (Å²) in [5.74, 6) is -0.627. The largest absolute Gasteiger partial charge is 0.481 e. The first-order chi connectivity index (χ1) is 9.57. The minimum atomic E-state index is -0.627. The first-order valence-corrected chi connectivity index (χ1v) is 7.59. The van der Waals surface area contributed by atoms with Gasteiger partial charge in [-0.15, -0.1) is 0 Å². The number of hydrogen-bond donors (Lipinski definition) is 1. The first kappa shape index (κ1) is 15.0. The molecule has 1 aromatic carbocycles. The molecular weight excluding hydrogens is 250 g/mol. The van der Waals surface area contributed by atoms with Crippen LogP contribution >= 0.6 is 0 Å². The van der Waals surface area contributed by atoms with E-state index in [-0.39, 0.29) is 0 Å². The lowest BCUT2D eigenvalue weighted by molar-refractivity contribution is -0.148. The van der Waals surface area contributed by atoms with Crippen LogP contribution in [0.2, 0.25) is 0 Å². The lowest BCUT2D eigenvalue weighted by atomic mass is 9.84. The first-order valence-electron chi connectivity index (χ1n) is 7.59. The van der Waals surface area contributed by atoms with Crippen LogP contribution in [0.4, 0.5) is 0 Å². The summed E-state index contributed by atoms with van der Waals surface area (Å²) >= 11 is 0. The second-order valence-corrected chi connectivity index (χ2v) is 6.03. The summed E-state index contributed by atoms with van der Waals surface area (Å²) in [7, 11) is 0. The Morgan fingerprint density at radius 1 is 1.40 bits per heavy atom. The highest BCUT2D eigenvalue weighted by Crippen LogP contribution is 2.35. The Hall–Kier alpha value is -1.35. The lowest BCUT2D eigenvalue weighted by Gasteiger charge is -2.27.